The summed E-state index contributed by atoms with van der Waals surface area (Å²) in [5.74, 6) is 1.37. The van der Waals surface area contributed by atoms with Crippen molar-refractivity contribution in [1.29, 1.82) is 0 Å². The Bertz CT molecular complexity index is 802. The number of benzene rings is 1. The van der Waals surface area contributed by atoms with Crippen LogP contribution in [0.2, 0.25) is 5.02 Å². The zero-order valence-electron chi connectivity index (χ0n) is 16.6. The highest BCUT2D eigenvalue weighted by Crippen LogP contribution is 2.43. The van der Waals surface area contributed by atoms with Crippen LogP contribution in [0.1, 0.15) is 37.1 Å². The fourth-order valence-electron chi connectivity index (χ4n) is 4.74. The van der Waals surface area contributed by atoms with Gasteiger partial charge in [0.1, 0.15) is 5.82 Å². The average Bonchev–Trinajstić information content (AvgIpc) is 3.37. The summed E-state index contributed by atoms with van der Waals surface area (Å²) in [6.07, 6.45) is 8.03. The van der Waals surface area contributed by atoms with E-state index in [1.54, 1.807) is 0 Å². The van der Waals surface area contributed by atoms with E-state index in [0.717, 1.165) is 81.4 Å². The molecule has 1 aliphatic heterocycles. The standard InChI is InChI=1S/C22H29ClN4O/c1-18-24-10-11-26(18)15-12-25-13-16-27(17-14-25)21(28)22(8-2-3-9-22)19-4-6-20(23)7-5-19/h4-7,10-11H,2-3,8-9,12-17H2,1H3. The topological polar surface area (TPSA) is 41.4 Å². The molecule has 0 unspecified atom stereocenters. The van der Waals surface area contributed by atoms with Gasteiger partial charge >= 0.3 is 0 Å². The van der Waals surface area contributed by atoms with Crippen molar-refractivity contribution in [2.24, 2.45) is 0 Å². The molecule has 1 aliphatic carbocycles. The highest BCUT2D eigenvalue weighted by molar-refractivity contribution is 6.30. The van der Waals surface area contributed by atoms with Crippen LogP contribution in [0.5, 0.6) is 0 Å². The first kappa shape index (κ1) is 19.5. The number of amides is 1. The van der Waals surface area contributed by atoms with Crippen LogP contribution in [0.15, 0.2) is 36.7 Å². The molecule has 0 N–H and O–H groups in total. The van der Waals surface area contributed by atoms with Gasteiger partial charge in [0.05, 0.1) is 5.41 Å². The van der Waals surface area contributed by atoms with Gasteiger partial charge < -0.3 is 9.47 Å². The SMILES string of the molecule is Cc1nccn1CCN1CCN(C(=O)C2(c3ccc(Cl)cc3)CCCC2)CC1. The number of rotatable bonds is 5. The summed E-state index contributed by atoms with van der Waals surface area (Å²) in [4.78, 5) is 22.4. The molecular weight excluding hydrogens is 372 g/mol. The number of aryl methyl sites for hydroxylation is 1. The maximum Gasteiger partial charge on any atom is 0.233 e. The molecule has 4 rings (SSSR count). The van der Waals surface area contributed by atoms with E-state index in [1.807, 2.05) is 31.5 Å². The van der Waals surface area contributed by atoms with Gasteiger partial charge in [-0.1, -0.05) is 36.6 Å². The van der Waals surface area contributed by atoms with E-state index in [0.29, 0.717) is 5.91 Å². The first-order chi connectivity index (χ1) is 13.6. The van der Waals surface area contributed by atoms with Gasteiger partial charge in [0.25, 0.3) is 0 Å². The van der Waals surface area contributed by atoms with Crippen LogP contribution in [0.3, 0.4) is 0 Å². The predicted octanol–water partition coefficient (Wildman–Crippen LogP) is 3.50. The summed E-state index contributed by atoms with van der Waals surface area (Å²) >= 11 is 6.08. The molecular formula is C22H29ClN4O. The molecule has 2 fully saturated rings. The number of nitrogens with zero attached hydrogens (tertiary/aromatic N) is 4. The van der Waals surface area contributed by atoms with Crippen LogP contribution in [0.4, 0.5) is 0 Å². The molecule has 0 bridgehead atoms. The zero-order valence-corrected chi connectivity index (χ0v) is 17.4. The molecule has 2 aromatic rings. The number of hydrogen-bond acceptors (Lipinski definition) is 3. The average molecular weight is 401 g/mol. The first-order valence-corrected chi connectivity index (χ1v) is 10.7. The van der Waals surface area contributed by atoms with Crippen molar-refractivity contribution < 1.29 is 4.79 Å². The Morgan fingerprint density at radius 3 is 2.36 bits per heavy atom. The van der Waals surface area contributed by atoms with Gasteiger partial charge in [-0.25, -0.2) is 4.98 Å². The maximum absolute atomic E-state index is 13.6. The lowest BCUT2D eigenvalue weighted by Gasteiger charge is -2.40. The Morgan fingerprint density at radius 2 is 1.75 bits per heavy atom. The maximum atomic E-state index is 13.6. The number of carbonyl (C=O) groups is 1. The zero-order chi connectivity index (χ0) is 19.6. The van der Waals surface area contributed by atoms with Crippen molar-refractivity contribution in [3.8, 4) is 0 Å². The summed E-state index contributed by atoms with van der Waals surface area (Å²) < 4.78 is 2.19. The van der Waals surface area contributed by atoms with E-state index in [2.05, 4.69) is 31.5 Å². The fourth-order valence-corrected chi connectivity index (χ4v) is 4.87. The smallest absolute Gasteiger partial charge is 0.233 e. The molecule has 1 saturated carbocycles. The van der Waals surface area contributed by atoms with Gasteiger partial charge in [-0.2, -0.15) is 0 Å². The summed E-state index contributed by atoms with van der Waals surface area (Å²) in [5.41, 5.74) is 0.790. The number of piperazine rings is 1. The van der Waals surface area contributed by atoms with Crippen LogP contribution >= 0.6 is 11.6 Å². The molecule has 2 heterocycles. The lowest BCUT2D eigenvalue weighted by atomic mass is 9.77. The van der Waals surface area contributed by atoms with Gasteiger partial charge in [0.15, 0.2) is 0 Å². The van der Waals surface area contributed by atoms with Gasteiger partial charge in [0.2, 0.25) is 5.91 Å². The van der Waals surface area contributed by atoms with Crippen LogP contribution in [-0.2, 0) is 16.8 Å². The van der Waals surface area contributed by atoms with Crippen molar-refractivity contribution >= 4 is 17.5 Å². The largest absolute Gasteiger partial charge is 0.339 e. The molecule has 1 aromatic carbocycles. The van der Waals surface area contributed by atoms with Crippen molar-refractivity contribution in [3.05, 3.63) is 53.1 Å². The molecule has 6 heteroatoms. The fraction of sp³-hybridized carbons (Fsp3) is 0.545. The molecule has 5 nitrogen and oxygen atoms in total. The van der Waals surface area contributed by atoms with Crippen molar-refractivity contribution in [3.63, 3.8) is 0 Å². The molecule has 0 spiro atoms. The van der Waals surface area contributed by atoms with Crippen molar-refractivity contribution in [1.82, 2.24) is 19.4 Å². The number of imidazole rings is 1. The Morgan fingerprint density at radius 1 is 1.07 bits per heavy atom. The molecule has 0 radical (unpaired) electrons. The minimum Gasteiger partial charge on any atom is -0.339 e. The minimum absolute atomic E-state index is 0.317. The van der Waals surface area contributed by atoms with Crippen LogP contribution < -0.4 is 0 Å². The second-order valence-corrected chi connectivity index (χ2v) is 8.53. The summed E-state index contributed by atoms with van der Waals surface area (Å²) in [6, 6.07) is 7.94. The molecule has 1 saturated heterocycles. The molecule has 1 aromatic heterocycles. The van der Waals surface area contributed by atoms with Crippen LogP contribution in [0, 0.1) is 6.92 Å². The van der Waals surface area contributed by atoms with Gasteiger partial charge in [0, 0.05) is 56.7 Å². The lowest BCUT2D eigenvalue weighted by Crippen LogP contribution is -2.54. The molecule has 0 atom stereocenters. The van der Waals surface area contributed by atoms with Crippen molar-refractivity contribution in [2.75, 3.05) is 32.7 Å². The molecule has 28 heavy (non-hydrogen) atoms. The minimum atomic E-state index is -0.347. The van der Waals surface area contributed by atoms with Crippen LogP contribution in [-0.4, -0.2) is 58.0 Å². The quantitative estimate of drug-likeness (QED) is 0.771. The third kappa shape index (κ3) is 3.83. The Labute approximate surface area is 172 Å². The van der Waals surface area contributed by atoms with Crippen LogP contribution in [0.25, 0.3) is 0 Å². The highest BCUT2D eigenvalue weighted by atomic mass is 35.5. The number of halogens is 1. The molecule has 150 valence electrons. The number of carbonyl (C=O) groups excluding carboxylic acids is 1. The highest BCUT2D eigenvalue weighted by Gasteiger charge is 2.45. The molecule has 1 amide bonds. The van der Waals surface area contributed by atoms with E-state index < -0.39 is 0 Å². The van der Waals surface area contributed by atoms with E-state index in [1.165, 1.54) is 0 Å². The summed E-state index contributed by atoms with van der Waals surface area (Å²) in [7, 11) is 0. The number of hydrogen-bond donors (Lipinski definition) is 0. The van der Waals surface area contributed by atoms with Crippen molar-refractivity contribution in [2.45, 2.75) is 44.6 Å². The Kier molecular flexibility index (Phi) is 5.74. The van der Waals surface area contributed by atoms with E-state index in [4.69, 9.17) is 11.6 Å². The van der Waals surface area contributed by atoms with Gasteiger partial charge in [-0.05, 0) is 37.5 Å². The van der Waals surface area contributed by atoms with E-state index >= 15 is 0 Å². The third-order valence-corrected chi connectivity index (χ3v) is 6.76. The second kappa shape index (κ2) is 8.26. The normalized spacial score (nSPS) is 19.9. The van der Waals surface area contributed by atoms with Gasteiger partial charge in [-0.15, -0.1) is 0 Å². The Hall–Kier alpha value is -1.85. The Balaban J connectivity index is 1.38. The van der Waals surface area contributed by atoms with E-state index in [-0.39, 0.29) is 5.41 Å². The number of aromatic nitrogens is 2. The van der Waals surface area contributed by atoms with Gasteiger partial charge in [-0.3, -0.25) is 9.69 Å². The monoisotopic (exact) mass is 400 g/mol. The molecule has 2 aliphatic rings. The summed E-state index contributed by atoms with van der Waals surface area (Å²) in [5, 5.41) is 0.728. The second-order valence-electron chi connectivity index (χ2n) is 8.10. The first-order valence-electron chi connectivity index (χ1n) is 10.3. The summed E-state index contributed by atoms with van der Waals surface area (Å²) in [6.45, 7) is 7.50. The lowest BCUT2D eigenvalue weighted by molar-refractivity contribution is -0.139. The third-order valence-electron chi connectivity index (χ3n) is 6.50. The predicted molar refractivity (Wildman–Crippen MR) is 112 cm³/mol. The van der Waals surface area contributed by atoms with E-state index in [9.17, 15) is 4.79 Å².